The minimum atomic E-state index is -0.430. The number of aliphatic imine (C=N–C) groups is 1. The summed E-state index contributed by atoms with van der Waals surface area (Å²) >= 11 is 0. The van der Waals surface area contributed by atoms with Crippen molar-refractivity contribution in [2.45, 2.75) is 25.7 Å². The molecule has 0 saturated carbocycles. The molecule has 1 aromatic carbocycles. The van der Waals surface area contributed by atoms with E-state index in [0.29, 0.717) is 11.3 Å². The third-order valence-corrected chi connectivity index (χ3v) is 5.38. The van der Waals surface area contributed by atoms with Crippen molar-refractivity contribution in [1.82, 2.24) is 5.32 Å². The van der Waals surface area contributed by atoms with Crippen LogP contribution in [-0.4, -0.2) is 17.5 Å². The standard InChI is InChI=1S/C22H18N2O3/c25-21-17-7-3-2-6-15(17)16-10-9-14(12-18(16)24-21)23-22(26)20-11-13-5-1-4-8-19(13)27-20/h1,4-5,8-12,16H,2-3,6-7H2,(H,24,25). The van der Waals surface area contributed by atoms with Crippen molar-refractivity contribution in [2.75, 3.05) is 0 Å². The van der Waals surface area contributed by atoms with E-state index in [1.807, 2.05) is 36.4 Å². The highest BCUT2D eigenvalue weighted by Crippen LogP contribution is 2.38. The van der Waals surface area contributed by atoms with Gasteiger partial charge in [-0.3, -0.25) is 9.59 Å². The zero-order valence-corrected chi connectivity index (χ0v) is 14.7. The molecular formula is C22H18N2O3. The van der Waals surface area contributed by atoms with E-state index in [1.54, 1.807) is 12.1 Å². The maximum absolute atomic E-state index is 12.5. The molecule has 0 bridgehead atoms. The summed E-state index contributed by atoms with van der Waals surface area (Å²) in [6.07, 6.45) is 9.67. The van der Waals surface area contributed by atoms with Crippen LogP contribution in [0.15, 0.2) is 74.8 Å². The van der Waals surface area contributed by atoms with Gasteiger partial charge in [-0.15, -0.1) is 0 Å². The molecule has 1 aliphatic heterocycles. The van der Waals surface area contributed by atoms with E-state index in [-0.39, 0.29) is 17.6 Å². The van der Waals surface area contributed by atoms with Crippen molar-refractivity contribution in [3.05, 3.63) is 71.2 Å². The Balaban J connectivity index is 1.45. The normalized spacial score (nSPS) is 23.1. The average Bonchev–Trinajstić information content (AvgIpc) is 3.12. The Morgan fingerprint density at radius 3 is 2.93 bits per heavy atom. The van der Waals surface area contributed by atoms with Crippen LogP contribution in [0.3, 0.4) is 0 Å². The Kier molecular flexibility index (Phi) is 3.67. The maximum atomic E-state index is 12.5. The average molecular weight is 358 g/mol. The lowest BCUT2D eigenvalue weighted by molar-refractivity contribution is -0.117. The van der Waals surface area contributed by atoms with Crippen molar-refractivity contribution in [2.24, 2.45) is 10.9 Å². The Morgan fingerprint density at radius 1 is 1.19 bits per heavy atom. The molecule has 0 saturated heterocycles. The van der Waals surface area contributed by atoms with Crippen LogP contribution in [0.4, 0.5) is 0 Å². The number of nitrogens with one attached hydrogen (secondary N) is 1. The predicted molar refractivity (Wildman–Crippen MR) is 102 cm³/mol. The largest absolute Gasteiger partial charge is 0.451 e. The molecule has 1 N–H and O–H groups in total. The molecule has 5 nitrogen and oxygen atoms in total. The number of fused-ring (bicyclic) bond motifs is 3. The second-order valence-electron chi connectivity index (χ2n) is 7.09. The number of carbonyl (C=O) groups is 2. The Bertz CT molecular complexity index is 1060. The first kappa shape index (κ1) is 16.0. The summed E-state index contributed by atoms with van der Waals surface area (Å²) in [5.74, 6) is -0.132. The molecule has 5 rings (SSSR count). The maximum Gasteiger partial charge on any atom is 0.313 e. The molecule has 0 fully saturated rings. The summed E-state index contributed by atoms with van der Waals surface area (Å²) in [6.45, 7) is 0. The van der Waals surface area contributed by atoms with Crippen LogP contribution in [0.5, 0.6) is 0 Å². The molecule has 0 radical (unpaired) electrons. The molecule has 27 heavy (non-hydrogen) atoms. The number of benzene rings is 1. The van der Waals surface area contributed by atoms with Crippen molar-refractivity contribution in [3.63, 3.8) is 0 Å². The van der Waals surface area contributed by atoms with Crippen molar-refractivity contribution in [1.29, 1.82) is 0 Å². The molecule has 1 aromatic heterocycles. The molecule has 1 unspecified atom stereocenters. The van der Waals surface area contributed by atoms with Crippen LogP contribution in [-0.2, 0) is 4.79 Å². The van der Waals surface area contributed by atoms with Gasteiger partial charge in [-0.05, 0) is 55.5 Å². The lowest BCUT2D eigenvalue weighted by atomic mass is 9.77. The molecule has 2 heterocycles. The van der Waals surface area contributed by atoms with Crippen LogP contribution in [0, 0.1) is 5.92 Å². The van der Waals surface area contributed by atoms with Crippen LogP contribution in [0.1, 0.15) is 36.2 Å². The van der Waals surface area contributed by atoms with Gasteiger partial charge >= 0.3 is 5.91 Å². The topological polar surface area (TPSA) is 71.7 Å². The molecule has 1 atom stereocenters. The van der Waals surface area contributed by atoms with Gasteiger partial charge in [0.15, 0.2) is 5.76 Å². The van der Waals surface area contributed by atoms with Gasteiger partial charge in [-0.2, -0.15) is 0 Å². The lowest BCUT2D eigenvalue weighted by Crippen LogP contribution is -2.37. The molecule has 5 heteroatoms. The van der Waals surface area contributed by atoms with Gasteiger partial charge in [-0.1, -0.05) is 24.3 Å². The van der Waals surface area contributed by atoms with Gasteiger partial charge in [-0.25, -0.2) is 4.99 Å². The first-order valence-electron chi connectivity index (χ1n) is 9.24. The summed E-state index contributed by atoms with van der Waals surface area (Å²) < 4.78 is 5.59. The molecule has 2 aromatic rings. The Morgan fingerprint density at radius 2 is 2.04 bits per heavy atom. The van der Waals surface area contributed by atoms with E-state index in [2.05, 4.69) is 10.3 Å². The zero-order valence-electron chi connectivity index (χ0n) is 14.7. The van der Waals surface area contributed by atoms with Crippen LogP contribution < -0.4 is 5.32 Å². The van der Waals surface area contributed by atoms with E-state index in [0.717, 1.165) is 42.3 Å². The number of rotatable bonds is 1. The summed E-state index contributed by atoms with van der Waals surface area (Å²) in [5, 5.41) is 3.85. The number of hydrogen-bond donors (Lipinski definition) is 1. The molecule has 3 aliphatic rings. The molecular weight excluding hydrogens is 340 g/mol. The number of para-hydroxylation sites is 1. The smallest absolute Gasteiger partial charge is 0.313 e. The van der Waals surface area contributed by atoms with Gasteiger partial charge in [0.2, 0.25) is 0 Å². The predicted octanol–water partition coefficient (Wildman–Crippen LogP) is 4.08. The first-order chi connectivity index (χ1) is 13.2. The second-order valence-corrected chi connectivity index (χ2v) is 7.09. The van der Waals surface area contributed by atoms with E-state index in [4.69, 9.17) is 4.42 Å². The number of allylic oxidation sites excluding steroid dienone is 3. The number of amides is 2. The Hall–Kier alpha value is -3.21. The number of hydrogen-bond acceptors (Lipinski definition) is 3. The van der Waals surface area contributed by atoms with Crippen molar-refractivity contribution >= 4 is 28.5 Å². The minimum absolute atomic E-state index is 0.00883. The van der Waals surface area contributed by atoms with Crippen LogP contribution in [0.2, 0.25) is 0 Å². The lowest BCUT2D eigenvalue weighted by Gasteiger charge is -2.33. The summed E-state index contributed by atoms with van der Waals surface area (Å²) in [6, 6.07) is 9.17. The molecule has 134 valence electrons. The zero-order chi connectivity index (χ0) is 18.4. The highest BCUT2D eigenvalue weighted by Gasteiger charge is 2.33. The van der Waals surface area contributed by atoms with E-state index in [1.165, 1.54) is 5.57 Å². The number of furan rings is 1. The summed E-state index contributed by atoms with van der Waals surface area (Å²) in [4.78, 5) is 29.0. The fraction of sp³-hybridized carbons (Fsp3) is 0.227. The van der Waals surface area contributed by atoms with E-state index >= 15 is 0 Å². The molecule has 0 spiro atoms. The van der Waals surface area contributed by atoms with Gasteiger partial charge in [0.05, 0.1) is 5.71 Å². The van der Waals surface area contributed by atoms with Crippen LogP contribution in [0.25, 0.3) is 11.0 Å². The SMILES string of the molecule is O=C1NC2=CC(=NC(=O)c3cc4ccccc4o3)C=CC2C2=C1CCCC2. The van der Waals surface area contributed by atoms with E-state index in [9.17, 15) is 9.59 Å². The number of nitrogens with zero attached hydrogens (tertiary/aromatic N) is 1. The van der Waals surface area contributed by atoms with Crippen molar-refractivity contribution in [3.8, 4) is 0 Å². The molecule has 2 amide bonds. The quantitative estimate of drug-likeness (QED) is 0.835. The molecule has 2 aliphatic carbocycles. The van der Waals surface area contributed by atoms with E-state index < -0.39 is 5.91 Å². The third-order valence-electron chi connectivity index (χ3n) is 5.38. The van der Waals surface area contributed by atoms with Gasteiger partial charge in [0.25, 0.3) is 5.91 Å². The van der Waals surface area contributed by atoms with Crippen LogP contribution >= 0.6 is 0 Å². The third kappa shape index (κ3) is 2.76. The monoisotopic (exact) mass is 358 g/mol. The second kappa shape index (κ2) is 6.20. The Labute approximate surface area is 156 Å². The van der Waals surface area contributed by atoms with Crippen molar-refractivity contribution < 1.29 is 14.0 Å². The highest BCUT2D eigenvalue weighted by atomic mass is 16.3. The van der Waals surface area contributed by atoms with Gasteiger partial charge in [0, 0.05) is 22.6 Å². The first-order valence-corrected chi connectivity index (χ1v) is 9.24. The minimum Gasteiger partial charge on any atom is -0.451 e. The summed E-state index contributed by atoms with van der Waals surface area (Å²) in [7, 11) is 0. The summed E-state index contributed by atoms with van der Waals surface area (Å²) in [5.41, 5.74) is 4.14. The fourth-order valence-electron chi connectivity index (χ4n) is 4.08. The van der Waals surface area contributed by atoms with Gasteiger partial charge < -0.3 is 9.73 Å². The number of carbonyl (C=O) groups excluding carboxylic acids is 2. The highest BCUT2D eigenvalue weighted by molar-refractivity contribution is 6.14. The fourth-order valence-corrected chi connectivity index (χ4v) is 4.08. The van der Waals surface area contributed by atoms with Gasteiger partial charge in [0.1, 0.15) is 5.58 Å².